The van der Waals surface area contributed by atoms with Gasteiger partial charge in [-0.1, -0.05) is 6.07 Å². The zero-order valence-electron chi connectivity index (χ0n) is 9.20. The Kier molecular flexibility index (Phi) is 3.47. The number of anilines is 1. The molecule has 0 radical (unpaired) electrons. The SMILES string of the molecule is CC1CN(c2cccc(Br)c2C#N)CCN1. The Morgan fingerprint density at radius 3 is 3.06 bits per heavy atom. The van der Waals surface area contributed by atoms with Gasteiger partial charge in [-0.25, -0.2) is 0 Å². The second-order valence-electron chi connectivity index (χ2n) is 4.05. The number of halogens is 1. The van der Waals surface area contributed by atoms with Crippen LogP contribution in [0, 0.1) is 11.3 Å². The third kappa shape index (κ3) is 2.21. The summed E-state index contributed by atoms with van der Waals surface area (Å²) >= 11 is 3.42. The summed E-state index contributed by atoms with van der Waals surface area (Å²) < 4.78 is 0.874. The van der Waals surface area contributed by atoms with Crippen LogP contribution in [0.3, 0.4) is 0 Å². The van der Waals surface area contributed by atoms with Gasteiger partial charge in [-0.2, -0.15) is 5.26 Å². The maximum absolute atomic E-state index is 9.17. The summed E-state index contributed by atoms with van der Waals surface area (Å²) in [7, 11) is 0. The van der Waals surface area contributed by atoms with Crippen molar-refractivity contribution in [1.82, 2.24) is 5.32 Å². The van der Waals surface area contributed by atoms with E-state index in [1.54, 1.807) is 0 Å². The van der Waals surface area contributed by atoms with Gasteiger partial charge in [0.1, 0.15) is 6.07 Å². The normalized spacial score (nSPS) is 20.6. The number of hydrogen-bond donors (Lipinski definition) is 1. The van der Waals surface area contributed by atoms with Gasteiger partial charge in [0.25, 0.3) is 0 Å². The zero-order chi connectivity index (χ0) is 11.5. The van der Waals surface area contributed by atoms with E-state index in [9.17, 15) is 5.26 Å². The topological polar surface area (TPSA) is 39.1 Å². The molecule has 1 aromatic rings. The molecule has 2 rings (SSSR count). The highest BCUT2D eigenvalue weighted by Crippen LogP contribution is 2.27. The highest BCUT2D eigenvalue weighted by atomic mass is 79.9. The predicted octanol–water partition coefficient (Wildman–Crippen LogP) is 2.12. The molecule has 0 spiro atoms. The minimum atomic E-state index is 0.472. The lowest BCUT2D eigenvalue weighted by Crippen LogP contribution is -2.49. The van der Waals surface area contributed by atoms with Crippen LogP contribution in [0.15, 0.2) is 22.7 Å². The van der Waals surface area contributed by atoms with Crippen LogP contribution in [0.1, 0.15) is 12.5 Å². The fourth-order valence-electron chi connectivity index (χ4n) is 2.04. The number of rotatable bonds is 1. The molecule has 1 fully saturated rings. The van der Waals surface area contributed by atoms with Gasteiger partial charge in [-0.3, -0.25) is 0 Å². The van der Waals surface area contributed by atoms with E-state index >= 15 is 0 Å². The minimum Gasteiger partial charge on any atom is -0.368 e. The average Bonchev–Trinajstić information content (AvgIpc) is 2.28. The Labute approximate surface area is 104 Å². The summed E-state index contributed by atoms with van der Waals surface area (Å²) in [6, 6.07) is 8.64. The lowest BCUT2D eigenvalue weighted by Gasteiger charge is -2.34. The van der Waals surface area contributed by atoms with Crippen molar-refractivity contribution in [2.24, 2.45) is 0 Å². The quantitative estimate of drug-likeness (QED) is 0.856. The predicted molar refractivity (Wildman–Crippen MR) is 68.5 cm³/mol. The molecule has 1 unspecified atom stereocenters. The smallest absolute Gasteiger partial charge is 0.103 e. The van der Waals surface area contributed by atoms with Crippen molar-refractivity contribution in [2.75, 3.05) is 24.5 Å². The molecular formula is C12H14BrN3. The number of nitrogens with one attached hydrogen (secondary N) is 1. The summed E-state index contributed by atoms with van der Waals surface area (Å²) in [5.41, 5.74) is 1.77. The fourth-order valence-corrected chi connectivity index (χ4v) is 2.48. The first-order chi connectivity index (χ1) is 7.72. The molecule has 3 nitrogen and oxygen atoms in total. The number of nitriles is 1. The lowest BCUT2D eigenvalue weighted by atomic mass is 10.1. The number of nitrogens with zero attached hydrogens (tertiary/aromatic N) is 2. The molecule has 1 atom stereocenters. The van der Waals surface area contributed by atoms with Crippen LogP contribution in [0.2, 0.25) is 0 Å². The standard InChI is InChI=1S/C12H14BrN3/c1-9-8-16(6-5-15-9)12-4-2-3-11(13)10(12)7-14/h2-4,9,15H,5-6,8H2,1H3. The van der Waals surface area contributed by atoms with Crippen molar-refractivity contribution >= 4 is 21.6 Å². The molecule has 4 heteroatoms. The van der Waals surface area contributed by atoms with E-state index in [1.165, 1.54) is 0 Å². The van der Waals surface area contributed by atoms with Crippen molar-refractivity contribution < 1.29 is 0 Å². The van der Waals surface area contributed by atoms with E-state index in [1.807, 2.05) is 18.2 Å². The van der Waals surface area contributed by atoms with Crippen LogP contribution in [0.5, 0.6) is 0 Å². The molecule has 1 saturated heterocycles. The van der Waals surface area contributed by atoms with Crippen LogP contribution >= 0.6 is 15.9 Å². The lowest BCUT2D eigenvalue weighted by molar-refractivity contribution is 0.484. The Morgan fingerprint density at radius 1 is 1.56 bits per heavy atom. The van der Waals surface area contributed by atoms with Gasteiger partial charge in [0.2, 0.25) is 0 Å². The van der Waals surface area contributed by atoms with Gasteiger partial charge in [-0.05, 0) is 35.0 Å². The van der Waals surface area contributed by atoms with E-state index in [0.29, 0.717) is 6.04 Å². The highest BCUT2D eigenvalue weighted by molar-refractivity contribution is 9.10. The zero-order valence-corrected chi connectivity index (χ0v) is 10.8. The molecule has 0 aliphatic carbocycles. The van der Waals surface area contributed by atoms with E-state index in [-0.39, 0.29) is 0 Å². The third-order valence-electron chi connectivity index (χ3n) is 2.81. The second kappa shape index (κ2) is 4.86. The van der Waals surface area contributed by atoms with Crippen LogP contribution < -0.4 is 10.2 Å². The van der Waals surface area contributed by atoms with Crippen molar-refractivity contribution in [3.05, 3.63) is 28.2 Å². The molecule has 1 aromatic carbocycles. The van der Waals surface area contributed by atoms with E-state index in [2.05, 4.69) is 39.1 Å². The van der Waals surface area contributed by atoms with Gasteiger partial charge in [0.15, 0.2) is 0 Å². The first kappa shape index (κ1) is 11.4. The Hall–Kier alpha value is -1.05. The molecule has 84 valence electrons. The number of benzene rings is 1. The number of piperazine rings is 1. The molecule has 0 amide bonds. The van der Waals surface area contributed by atoms with E-state index in [0.717, 1.165) is 35.4 Å². The van der Waals surface area contributed by atoms with Crippen molar-refractivity contribution in [2.45, 2.75) is 13.0 Å². The van der Waals surface area contributed by atoms with Gasteiger partial charge < -0.3 is 10.2 Å². The van der Waals surface area contributed by atoms with Gasteiger partial charge >= 0.3 is 0 Å². The Morgan fingerprint density at radius 2 is 2.38 bits per heavy atom. The van der Waals surface area contributed by atoms with E-state index < -0.39 is 0 Å². The molecule has 1 aliphatic rings. The minimum absolute atomic E-state index is 0.472. The molecule has 1 N–H and O–H groups in total. The van der Waals surface area contributed by atoms with Crippen molar-refractivity contribution in [3.8, 4) is 6.07 Å². The Balaban J connectivity index is 2.33. The summed E-state index contributed by atoms with van der Waals surface area (Å²) in [6.45, 7) is 5.04. The number of hydrogen-bond acceptors (Lipinski definition) is 3. The van der Waals surface area contributed by atoms with E-state index in [4.69, 9.17) is 0 Å². The van der Waals surface area contributed by atoms with Crippen LogP contribution in [0.25, 0.3) is 0 Å². The summed E-state index contributed by atoms with van der Waals surface area (Å²) in [4.78, 5) is 2.27. The maximum Gasteiger partial charge on any atom is 0.103 e. The Bertz CT molecular complexity index is 425. The van der Waals surface area contributed by atoms with Gasteiger partial charge in [0.05, 0.1) is 11.3 Å². The first-order valence-electron chi connectivity index (χ1n) is 5.39. The highest BCUT2D eigenvalue weighted by Gasteiger charge is 2.19. The molecule has 0 saturated carbocycles. The molecule has 0 aromatic heterocycles. The fraction of sp³-hybridized carbons (Fsp3) is 0.417. The third-order valence-corrected chi connectivity index (χ3v) is 3.47. The molecular weight excluding hydrogens is 266 g/mol. The average molecular weight is 280 g/mol. The maximum atomic E-state index is 9.17. The molecule has 0 bridgehead atoms. The largest absolute Gasteiger partial charge is 0.368 e. The van der Waals surface area contributed by atoms with Crippen molar-refractivity contribution in [1.29, 1.82) is 5.26 Å². The first-order valence-corrected chi connectivity index (χ1v) is 6.18. The molecule has 1 aliphatic heterocycles. The van der Waals surface area contributed by atoms with Crippen LogP contribution in [-0.4, -0.2) is 25.7 Å². The van der Waals surface area contributed by atoms with Crippen LogP contribution in [0.4, 0.5) is 5.69 Å². The molecule has 1 heterocycles. The monoisotopic (exact) mass is 279 g/mol. The molecule has 16 heavy (non-hydrogen) atoms. The van der Waals surface area contributed by atoms with Crippen LogP contribution in [-0.2, 0) is 0 Å². The summed E-state index contributed by atoms with van der Waals surface area (Å²) in [5.74, 6) is 0. The summed E-state index contributed by atoms with van der Waals surface area (Å²) in [5, 5.41) is 12.6. The van der Waals surface area contributed by atoms with Gasteiger partial charge in [0, 0.05) is 30.1 Å². The van der Waals surface area contributed by atoms with Gasteiger partial charge in [-0.15, -0.1) is 0 Å². The summed E-state index contributed by atoms with van der Waals surface area (Å²) in [6.07, 6.45) is 0. The second-order valence-corrected chi connectivity index (χ2v) is 4.90. The van der Waals surface area contributed by atoms with Crippen molar-refractivity contribution in [3.63, 3.8) is 0 Å².